The van der Waals surface area contributed by atoms with Crippen LogP contribution in [0, 0.1) is 12.3 Å². The number of hydrogen-bond acceptors (Lipinski definition) is 6. The number of rotatable bonds is 4. The van der Waals surface area contributed by atoms with E-state index < -0.39 is 5.41 Å². The summed E-state index contributed by atoms with van der Waals surface area (Å²) in [6, 6.07) is 7.53. The third-order valence-electron chi connectivity index (χ3n) is 3.75. The van der Waals surface area contributed by atoms with Crippen LogP contribution in [-0.2, 0) is 4.79 Å². The van der Waals surface area contributed by atoms with Crippen molar-refractivity contribution in [3.63, 3.8) is 0 Å². The molecule has 8 heteroatoms. The zero-order valence-corrected chi connectivity index (χ0v) is 15.3. The average Bonchev–Trinajstić information content (AvgIpc) is 2.93. The number of H-pyrrole nitrogens is 1. The third-order valence-corrected chi connectivity index (χ3v) is 4.67. The van der Waals surface area contributed by atoms with Crippen molar-refractivity contribution in [3.8, 4) is 11.3 Å². The minimum atomic E-state index is -0.414. The number of Topliss-reactive ketones (excluding diaryl/α,β-unsaturated/α-hetero) is 1. The fourth-order valence-electron chi connectivity index (χ4n) is 2.08. The van der Waals surface area contributed by atoms with E-state index in [1.54, 1.807) is 0 Å². The molecule has 25 heavy (non-hydrogen) atoms. The molecule has 1 aromatic carbocycles. The van der Waals surface area contributed by atoms with Gasteiger partial charge in [0.25, 0.3) is 11.3 Å². The van der Waals surface area contributed by atoms with E-state index in [1.165, 1.54) is 16.3 Å². The molecule has 0 saturated carbocycles. The van der Waals surface area contributed by atoms with Crippen LogP contribution in [0.1, 0.15) is 26.3 Å². The maximum Gasteiger partial charge on any atom is 0.279 e. The van der Waals surface area contributed by atoms with E-state index in [0.717, 1.165) is 5.56 Å². The lowest BCUT2D eigenvalue weighted by Gasteiger charge is -2.15. The Kier molecular flexibility index (Phi) is 4.47. The van der Waals surface area contributed by atoms with Crippen LogP contribution in [-0.4, -0.2) is 36.3 Å². The molecule has 3 aromatic rings. The molecule has 0 aliphatic carbocycles. The Morgan fingerprint density at radius 2 is 1.88 bits per heavy atom. The van der Waals surface area contributed by atoms with Crippen LogP contribution in [0.3, 0.4) is 0 Å². The van der Waals surface area contributed by atoms with Crippen molar-refractivity contribution in [2.75, 3.05) is 5.75 Å². The Morgan fingerprint density at radius 3 is 2.52 bits per heavy atom. The summed E-state index contributed by atoms with van der Waals surface area (Å²) >= 11 is 1.26. The van der Waals surface area contributed by atoms with Crippen molar-refractivity contribution in [1.82, 2.24) is 24.8 Å². The SMILES string of the molecule is Cc1ccc(-c2nn3c(SCC(=O)C(C)(C)C)nnc3[nH]c2=O)cc1. The van der Waals surface area contributed by atoms with Gasteiger partial charge in [-0.25, -0.2) is 0 Å². The molecular formula is C17H19N5O2S. The summed E-state index contributed by atoms with van der Waals surface area (Å²) in [5.74, 6) is 0.634. The number of aryl methyl sites for hydroxylation is 1. The molecule has 0 saturated heterocycles. The van der Waals surface area contributed by atoms with Gasteiger partial charge in [-0.15, -0.1) is 10.2 Å². The first-order valence-corrected chi connectivity index (χ1v) is 8.83. The summed E-state index contributed by atoms with van der Waals surface area (Å²) in [5, 5.41) is 12.8. The molecule has 0 fully saturated rings. The largest absolute Gasteiger partial charge is 0.298 e. The number of carbonyl (C=O) groups is 1. The number of benzene rings is 1. The zero-order chi connectivity index (χ0) is 18.2. The highest BCUT2D eigenvalue weighted by molar-refractivity contribution is 7.99. The predicted octanol–water partition coefficient (Wildman–Crippen LogP) is 2.50. The third kappa shape index (κ3) is 3.63. The minimum absolute atomic E-state index is 0.109. The number of thioether (sulfide) groups is 1. The van der Waals surface area contributed by atoms with Crippen LogP contribution in [0.4, 0.5) is 0 Å². The molecule has 2 aromatic heterocycles. The number of nitrogens with one attached hydrogen (secondary N) is 1. The van der Waals surface area contributed by atoms with Crippen molar-refractivity contribution in [3.05, 3.63) is 40.2 Å². The minimum Gasteiger partial charge on any atom is -0.298 e. The Hall–Kier alpha value is -2.48. The number of fused-ring (bicyclic) bond motifs is 1. The van der Waals surface area contributed by atoms with Crippen molar-refractivity contribution in [2.24, 2.45) is 5.41 Å². The predicted molar refractivity (Wildman–Crippen MR) is 96.8 cm³/mol. The average molecular weight is 357 g/mol. The lowest BCUT2D eigenvalue weighted by Crippen LogP contribution is -2.22. The second-order valence-corrected chi connectivity index (χ2v) is 7.79. The molecule has 0 radical (unpaired) electrons. The molecule has 0 amide bonds. The molecule has 130 valence electrons. The highest BCUT2D eigenvalue weighted by Gasteiger charge is 2.22. The lowest BCUT2D eigenvalue weighted by molar-refractivity contribution is -0.123. The highest BCUT2D eigenvalue weighted by atomic mass is 32.2. The van der Waals surface area contributed by atoms with Crippen molar-refractivity contribution >= 4 is 23.3 Å². The summed E-state index contributed by atoms with van der Waals surface area (Å²) in [6.07, 6.45) is 0. The molecule has 0 aliphatic rings. The topological polar surface area (TPSA) is 93.0 Å². The van der Waals surface area contributed by atoms with Gasteiger partial charge in [0.2, 0.25) is 5.16 Å². The van der Waals surface area contributed by atoms with E-state index in [4.69, 9.17) is 0 Å². The van der Waals surface area contributed by atoms with Crippen LogP contribution in [0.25, 0.3) is 17.0 Å². The number of carbonyl (C=O) groups excluding carboxylic acids is 1. The number of aromatic nitrogens is 5. The van der Waals surface area contributed by atoms with Gasteiger partial charge in [-0.05, 0) is 6.92 Å². The Bertz CT molecular complexity index is 983. The van der Waals surface area contributed by atoms with E-state index in [9.17, 15) is 9.59 Å². The zero-order valence-electron chi connectivity index (χ0n) is 14.5. The van der Waals surface area contributed by atoms with E-state index in [0.29, 0.717) is 10.7 Å². The second-order valence-electron chi connectivity index (χ2n) is 6.85. The fourth-order valence-corrected chi connectivity index (χ4v) is 3.12. The van der Waals surface area contributed by atoms with Gasteiger partial charge in [0.05, 0.1) is 5.75 Å². The van der Waals surface area contributed by atoms with Gasteiger partial charge in [0, 0.05) is 11.0 Å². The summed E-state index contributed by atoms with van der Waals surface area (Å²) in [4.78, 5) is 27.1. The van der Waals surface area contributed by atoms with E-state index >= 15 is 0 Å². The van der Waals surface area contributed by atoms with Gasteiger partial charge in [0.15, 0.2) is 5.69 Å². The van der Waals surface area contributed by atoms with Gasteiger partial charge in [-0.1, -0.05) is 62.4 Å². The Balaban J connectivity index is 1.97. The van der Waals surface area contributed by atoms with Gasteiger partial charge in [-0.2, -0.15) is 9.61 Å². The van der Waals surface area contributed by atoms with E-state index in [-0.39, 0.29) is 28.6 Å². The van der Waals surface area contributed by atoms with Gasteiger partial charge in [-0.3, -0.25) is 14.6 Å². The summed E-state index contributed by atoms with van der Waals surface area (Å²) in [5.41, 5.74) is 1.36. The van der Waals surface area contributed by atoms with Crippen LogP contribution >= 0.6 is 11.8 Å². The quantitative estimate of drug-likeness (QED) is 0.721. The van der Waals surface area contributed by atoms with Gasteiger partial charge in [0.1, 0.15) is 5.78 Å². The normalized spacial score (nSPS) is 11.8. The molecule has 7 nitrogen and oxygen atoms in total. The van der Waals surface area contributed by atoms with Gasteiger partial charge >= 0.3 is 0 Å². The smallest absolute Gasteiger partial charge is 0.279 e. The molecule has 0 unspecified atom stereocenters. The molecular weight excluding hydrogens is 338 g/mol. The molecule has 0 aliphatic heterocycles. The van der Waals surface area contributed by atoms with Crippen LogP contribution < -0.4 is 5.56 Å². The van der Waals surface area contributed by atoms with Crippen LogP contribution in [0.2, 0.25) is 0 Å². The molecule has 3 rings (SSSR count). The van der Waals surface area contributed by atoms with Crippen molar-refractivity contribution in [1.29, 1.82) is 0 Å². The lowest BCUT2D eigenvalue weighted by atomic mass is 9.92. The van der Waals surface area contributed by atoms with Crippen molar-refractivity contribution < 1.29 is 4.79 Å². The summed E-state index contributed by atoms with van der Waals surface area (Å²) < 4.78 is 1.47. The molecule has 1 N–H and O–H groups in total. The fraction of sp³-hybridized carbons (Fsp3) is 0.353. The first-order chi connectivity index (χ1) is 11.8. The summed E-state index contributed by atoms with van der Waals surface area (Å²) in [7, 11) is 0. The number of aromatic amines is 1. The Morgan fingerprint density at radius 1 is 1.20 bits per heavy atom. The maximum absolute atomic E-state index is 12.3. The maximum atomic E-state index is 12.3. The number of ketones is 1. The highest BCUT2D eigenvalue weighted by Crippen LogP contribution is 2.22. The number of nitrogens with zero attached hydrogens (tertiary/aromatic N) is 4. The van der Waals surface area contributed by atoms with Crippen molar-refractivity contribution in [2.45, 2.75) is 32.9 Å². The molecule has 0 atom stereocenters. The molecule has 0 bridgehead atoms. The van der Waals surface area contributed by atoms with E-state index in [2.05, 4.69) is 20.3 Å². The number of hydrogen-bond donors (Lipinski definition) is 1. The molecule has 2 heterocycles. The van der Waals surface area contributed by atoms with Crippen LogP contribution in [0.15, 0.2) is 34.2 Å². The standard InChI is InChI=1S/C17H19N5O2S/c1-10-5-7-11(8-6-10)13-14(24)18-15-19-20-16(22(15)21-13)25-9-12(23)17(2,3)4/h5-8H,9H2,1-4H3,(H,18,19,24). The monoisotopic (exact) mass is 357 g/mol. The molecule has 0 spiro atoms. The first-order valence-electron chi connectivity index (χ1n) is 7.84. The van der Waals surface area contributed by atoms with Gasteiger partial charge < -0.3 is 0 Å². The van der Waals surface area contributed by atoms with Crippen LogP contribution in [0.5, 0.6) is 0 Å². The van der Waals surface area contributed by atoms with E-state index in [1.807, 2.05) is 52.0 Å². The Labute approximate surface area is 148 Å². The summed E-state index contributed by atoms with van der Waals surface area (Å²) in [6.45, 7) is 7.61. The second kappa shape index (κ2) is 6.44. The first kappa shape index (κ1) is 17.3.